The Morgan fingerprint density at radius 3 is 3.00 bits per heavy atom. The van der Waals surface area contributed by atoms with Crippen LogP contribution < -0.4 is 16.2 Å². The van der Waals surface area contributed by atoms with E-state index in [0.29, 0.717) is 5.75 Å². The number of carbonyl (C=O) groups is 1. The highest BCUT2D eigenvalue weighted by atomic mass is 32.2. The number of fused-ring (bicyclic) bond motifs is 1. The molecule has 0 fully saturated rings. The lowest BCUT2D eigenvalue weighted by atomic mass is 10.1. The molecule has 4 N–H and O–H groups in total. The van der Waals surface area contributed by atoms with Gasteiger partial charge in [-0.15, -0.1) is 11.8 Å². The van der Waals surface area contributed by atoms with Gasteiger partial charge in [-0.3, -0.25) is 4.79 Å². The number of hydrogen-bond acceptors (Lipinski definition) is 4. The van der Waals surface area contributed by atoms with E-state index in [-0.39, 0.29) is 17.2 Å². The van der Waals surface area contributed by atoms with Gasteiger partial charge < -0.3 is 16.2 Å². The summed E-state index contributed by atoms with van der Waals surface area (Å²) in [4.78, 5) is 10.8. The van der Waals surface area contributed by atoms with Crippen molar-refractivity contribution >= 4 is 17.7 Å². The van der Waals surface area contributed by atoms with E-state index in [1.165, 1.54) is 17.3 Å². The molecular weight excluding hydrogens is 236 g/mol. The van der Waals surface area contributed by atoms with Crippen molar-refractivity contribution in [3.05, 3.63) is 29.3 Å². The number of methoxy groups -OCH3 is 1. The van der Waals surface area contributed by atoms with E-state index in [9.17, 15) is 4.79 Å². The molecule has 5 heteroatoms. The number of thioether (sulfide) groups is 1. The minimum Gasteiger partial charge on any atom is -0.497 e. The van der Waals surface area contributed by atoms with E-state index in [2.05, 4.69) is 0 Å². The summed E-state index contributed by atoms with van der Waals surface area (Å²) in [7, 11) is 1.64. The zero-order valence-electron chi connectivity index (χ0n) is 9.68. The highest BCUT2D eigenvalue weighted by Crippen LogP contribution is 2.38. The van der Waals surface area contributed by atoms with E-state index < -0.39 is 0 Å². The largest absolute Gasteiger partial charge is 0.497 e. The van der Waals surface area contributed by atoms with E-state index in [0.717, 1.165) is 17.7 Å². The maximum absolute atomic E-state index is 10.8. The van der Waals surface area contributed by atoms with Crippen LogP contribution in [0.4, 0.5) is 0 Å². The molecule has 1 aliphatic rings. The predicted molar refractivity (Wildman–Crippen MR) is 69.1 cm³/mol. The zero-order valence-corrected chi connectivity index (χ0v) is 10.5. The van der Waals surface area contributed by atoms with Gasteiger partial charge in [-0.2, -0.15) is 0 Å². The number of rotatable bonds is 4. The molecule has 0 saturated heterocycles. The molecule has 4 nitrogen and oxygen atoms in total. The summed E-state index contributed by atoms with van der Waals surface area (Å²) in [6, 6.07) is 5.90. The monoisotopic (exact) mass is 252 g/mol. The Labute approximate surface area is 105 Å². The van der Waals surface area contributed by atoms with Gasteiger partial charge in [0.2, 0.25) is 5.91 Å². The number of amides is 1. The SMILES string of the molecule is COc1ccc2c(c1)C(N)C(SCC(N)=O)C2. The van der Waals surface area contributed by atoms with Crippen molar-refractivity contribution in [2.45, 2.75) is 17.7 Å². The fourth-order valence-corrected chi connectivity index (χ4v) is 3.12. The lowest BCUT2D eigenvalue weighted by molar-refractivity contribution is -0.115. The third-order valence-corrected chi connectivity index (χ3v) is 4.31. The summed E-state index contributed by atoms with van der Waals surface area (Å²) < 4.78 is 5.18. The Bertz CT molecular complexity index is 437. The summed E-state index contributed by atoms with van der Waals surface area (Å²) in [6.45, 7) is 0. The number of carbonyl (C=O) groups excluding carboxylic acids is 1. The number of ether oxygens (including phenoxy) is 1. The molecule has 0 bridgehead atoms. The average Bonchev–Trinajstić information content (AvgIpc) is 2.63. The molecule has 0 saturated carbocycles. The molecule has 2 unspecified atom stereocenters. The lowest BCUT2D eigenvalue weighted by Crippen LogP contribution is -2.22. The number of benzene rings is 1. The smallest absolute Gasteiger partial charge is 0.227 e. The van der Waals surface area contributed by atoms with Gasteiger partial charge in [0.05, 0.1) is 12.9 Å². The van der Waals surface area contributed by atoms with Crippen LogP contribution in [0.2, 0.25) is 0 Å². The molecular formula is C12H16N2O2S. The highest BCUT2D eigenvalue weighted by molar-refractivity contribution is 8.00. The van der Waals surface area contributed by atoms with Crippen molar-refractivity contribution in [3.63, 3.8) is 0 Å². The summed E-state index contributed by atoms with van der Waals surface area (Å²) in [5.74, 6) is 0.847. The molecule has 0 aliphatic heterocycles. The van der Waals surface area contributed by atoms with Gasteiger partial charge >= 0.3 is 0 Å². The summed E-state index contributed by atoms with van der Waals surface area (Å²) in [6.07, 6.45) is 0.887. The van der Waals surface area contributed by atoms with E-state index in [4.69, 9.17) is 16.2 Å². The van der Waals surface area contributed by atoms with Gasteiger partial charge in [-0.1, -0.05) is 6.07 Å². The van der Waals surface area contributed by atoms with Gasteiger partial charge in [-0.25, -0.2) is 0 Å². The average molecular weight is 252 g/mol. The first kappa shape index (κ1) is 12.3. The second-order valence-corrected chi connectivity index (χ2v) is 5.34. The fourth-order valence-electron chi connectivity index (χ4n) is 2.09. The van der Waals surface area contributed by atoms with Crippen molar-refractivity contribution in [1.29, 1.82) is 0 Å². The van der Waals surface area contributed by atoms with Crippen molar-refractivity contribution in [2.75, 3.05) is 12.9 Å². The van der Waals surface area contributed by atoms with E-state index in [1.54, 1.807) is 7.11 Å². The third-order valence-electron chi connectivity index (χ3n) is 2.97. The maximum atomic E-state index is 10.8. The Hall–Kier alpha value is -1.20. The zero-order chi connectivity index (χ0) is 12.4. The minimum atomic E-state index is -0.296. The normalized spacial score (nSPS) is 22.2. The number of primary amides is 1. The van der Waals surface area contributed by atoms with Crippen molar-refractivity contribution in [2.24, 2.45) is 11.5 Å². The molecule has 17 heavy (non-hydrogen) atoms. The minimum absolute atomic E-state index is 0.0514. The van der Waals surface area contributed by atoms with Crippen LogP contribution in [0.1, 0.15) is 17.2 Å². The molecule has 0 spiro atoms. The summed E-state index contributed by atoms with van der Waals surface area (Å²) in [5, 5.41) is 0.226. The lowest BCUT2D eigenvalue weighted by Gasteiger charge is -2.14. The van der Waals surface area contributed by atoms with E-state index in [1.807, 2.05) is 18.2 Å². The fraction of sp³-hybridized carbons (Fsp3) is 0.417. The van der Waals surface area contributed by atoms with Gasteiger partial charge in [0, 0.05) is 11.3 Å². The standard InChI is InChI=1S/C12H16N2O2S/c1-16-8-3-2-7-4-10(17-6-11(13)15)12(14)9(7)5-8/h2-3,5,10,12H,4,6,14H2,1H3,(H2,13,15). The van der Waals surface area contributed by atoms with Gasteiger partial charge in [0.25, 0.3) is 0 Å². The quantitative estimate of drug-likeness (QED) is 0.832. The third kappa shape index (κ3) is 2.56. The van der Waals surface area contributed by atoms with Crippen LogP contribution in [0.15, 0.2) is 18.2 Å². The maximum Gasteiger partial charge on any atom is 0.227 e. The molecule has 0 aromatic heterocycles. The molecule has 2 rings (SSSR count). The topological polar surface area (TPSA) is 78.3 Å². The van der Waals surface area contributed by atoms with Crippen molar-refractivity contribution < 1.29 is 9.53 Å². The van der Waals surface area contributed by atoms with Crippen LogP contribution >= 0.6 is 11.8 Å². The first-order chi connectivity index (χ1) is 8.11. The Morgan fingerprint density at radius 1 is 1.59 bits per heavy atom. The Balaban J connectivity index is 2.12. The molecule has 0 radical (unpaired) electrons. The molecule has 1 aromatic rings. The Morgan fingerprint density at radius 2 is 2.35 bits per heavy atom. The molecule has 2 atom stereocenters. The van der Waals surface area contributed by atoms with Gasteiger partial charge in [-0.05, 0) is 29.7 Å². The number of nitrogens with two attached hydrogens (primary N) is 2. The van der Waals surface area contributed by atoms with Crippen LogP contribution in [0.3, 0.4) is 0 Å². The predicted octanol–water partition coefficient (Wildman–Crippen LogP) is 0.838. The first-order valence-corrected chi connectivity index (χ1v) is 6.49. The summed E-state index contributed by atoms with van der Waals surface area (Å²) in [5.41, 5.74) is 13.7. The molecule has 1 aromatic carbocycles. The van der Waals surface area contributed by atoms with Crippen LogP contribution in [0.5, 0.6) is 5.75 Å². The van der Waals surface area contributed by atoms with Gasteiger partial charge in [0.15, 0.2) is 0 Å². The van der Waals surface area contributed by atoms with Crippen molar-refractivity contribution in [1.82, 2.24) is 0 Å². The van der Waals surface area contributed by atoms with Gasteiger partial charge in [0.1, 0.15) is 5.75 Å². The second kappa shape index (κ2) is 4.98. The summed E-state index contributed by atoms with van der Waals surface area (Å²) >= 11 is 1.53. The van der Waals surface area contributed by atoms with E-state index >= 15 is 0 Å². The molecule has 0 heterocycles. The Kier molecular flexibility index (Phi) is 3.59. The van der Waals surface area contributed by atoms with Crippen LogP contribution in [0, 0.1) is 0 Å². The van der Waals surface area contributed by atoms with Crippen LogP contribution in [0.25, 0.3) is 0 Å². The van der Waals surface area contributed by atoms with Crippen LogP contribution in [-0.2, 0) is 11.2 Å². The number of hydrogen-bond donors (Lipinski definition) is 2. The van der Waals surface area contributed by atoms with Crippen LogP contribution in [-0.4, -0.2) is 24.0 Å². The van der Waals surface area contributed by atoms with Crippen molar-refractivity contribution in [3.8, 4) is 5.75 Å². The molecule has 1 amide bonds. The highest BCUT2D eigenvalue weighted by Gasteiger charge is 2.30. The molecule has 1 aliphatic carbocycles. The second-order valence-electron chi connectivity index (χ2n) is 4.11. The first-order valence-electron chi connectivity index (χ1n) is 5.44. The molecule has 92 valence electrons.